The molecule has 4 rings (SSSR count). The van der Waals surface area contributed by atoms with Gasteiger partial charge in [-0.25, -0.2) is 0 Å². The van der Waals surface area contributed by atoms with E-state index >= 15 is 0 Å². The van der Waals surface area contributed by atoms with Crippen molar-refractivity contribution >= 4 is 0 Å². The summed E-state index contributed by atoms with van der Waals surface area (Å²) in [6, 6.07) is 26.6. The predicted molar refractivity (Wildman–Crippen MR) is 118 cm³/mol. The Kier molecular flexibility index (Phi) is 5.82. The predicted octanol–water partition coefficient (Wildman–Crippen LogP) is 6.00. The molecule has 29 heavy (non-hydrogen) atoms. The average molecular weight is 385 g/mol. The zero-order valence-electron chi connectivity index (χ0n) is 16.9. The normalized spacial score (nSPS) is 15.9. The van der Waals surface area contributed by atoms with Gasteiger partial charge < -0.3 is 9.84 Å². The number of aliphatic hydroxyl groups is 1. The summed E-state index contributed by atoms with van der Waals surface area (Å²) >= 11 is 0. The average Bonchev–Trinajstić information content (AvgIpc) is 3.56. The third kappa shape index (κ3) is 4.60. The lowest BCUT2D eigenvalue weighted by molar-refractivity contribution is 0.220. The molecule has 0 aromatic heterocycles. The van der Waals surface area contributed by atoms with Crippen molar-refractivity contribution in [3.8, 4) is 5.75 Å². The summed E-state index contributed by atoms with van der Waals surface area (Å²) < 4.78 is 5.56. The summed E-state index contributed by atoms with van der Waals surface area (Å²) in [6.45, 7) is 2.70. The highest BCUT2D eigenvalue weighted by atomic mass is 16.5. The molecule has 1 aliphatic carbocycles. The van der Waals surface area contributed by atoms with Gasteiger partial charge in [-0.1, -0.05) is 78.9 Å². The molecule has 0 spiro atoms. The minimum absolute atomic E-state index is 0.186. The molecule has 1 fully saturated rings. The number of ether oxygens (including phenoxy) is 1. The van der Waals surface area contributed by atoms with Crippen LogP contribution in [0.4, 0.5) is 0 Å². The Bertz CT molecular complexity index is 953. The van der Waals surface area contributed by atoms with Crippen LogP contribution in [0.5, 0.6) is 5.75 Å². The summed E-state index contributed by atoms with van der Waals surface area (Å²) in [5.41, 5.74) is 4.63. The first kappa shape index (κ1) is 19.5. The molecular formula is C27H28O2. The quantitative estimate of drug-likeness (QED) is 0.483. The molecule has 0 aliphatic heterocycles. The first-order chi connectivity index (χ1) is 14.2. The van der Waals surface area contributed by atoms with Crippen molar-refractivity contribution in [1.82, 2.24) is 0 Å². The molecule has 0 saturated heterocycles. The highest BCUT2D eigenvalue weighted by Gasteiger charge is 2.41. The van der Waals surface area contributed by atoms with E-state index in [9.17, 15) is 5.11 Å². The highest BCUT2D eigenvalue weighted by Crippen LogP contribution is 2.49. The van der Waals surface area contributed by atoms with Crippen LogP contribution in [-0.4, -0.2) is 11.7 Å². The molecule has 2 heteroatoms. The minimum Gasteiger partial charge on any atom is -0.494 e. The van der Waals surface area contributed by atoms with Crippen molar-refractivity contribution < 1.29 is 9.84 Å². The van der Waals surface area contributed by atoms with Gasteiger partial charge in [-0.15, -0.1) is 0 Å². The summed E-state index contributed by atoms with van der Waals surface area (Å²) in [7, 11) is 0. The first-order valence-corrected chi connectivity index (χ1v) is 10.4. The van der Waals surface area contributed by atoms with E-state index < -0.39 is 6.10 Å². The van der Waals surface area contributed by atoms with Crippen molar-refractivity contribution in [2.75, 3.05) is 6.61 Å². The van der Waals surface area contributed by atoms with Crippen LogP contribution in [0.15, 0.2) is 91.0 Å². The third-order valence-corrected chi connectivity index (χ3v) is 5.70. The summed E-state index contributed by atoms with van der Waals surface area (Å²) in [6.07, 6.45) is 7.32. The Morgan fingerprint density at radius 2 is 1.66 bits per heavy atom. The molecule has 3 aromatic rings. The van der Waals surface area contributed by atoms with Crippen LogP contribution in [0.3, 0.4) is 0 Å². The maximum absolute atomic E-state index is 10.7. The Hall–Kier alpha value is -2.84. The minimum atomic E-state index is -0.584. The van der Waals surface area contributed by atoms with Crippen molar-refractivity contribution in [2.24, 2.45) is 0 Å². The van der Waals surface area contributed by atoms with E-state index in [1.54, 1.807) is 0 Å². The van der Waals surface area contributed by atoms with Gasteiger partial charge in [0.1, 0.15) is 11.9 Å². The molecule has 0 bridgehead atoms. The second kappa shape index (κ2) is 8.67. The fourth-order valence-corrected chi connectivity index (χ4v) is 3.87. The number of hydrogen-bond acceptors (Lipinski definition) is 2. The van der Waals surface area contributed by atoms with Gasteiger partial charge in [0, 0.05) is 5.41 Å². The van der Waals surface area contributed by atoms with Crippen LogP contribution >= 0.6 is 0 Å². The maximum Gasteiger partial charge on any atom is 0.119 e. The topological polar surface area (TPSA) is 29.5 Å². The van der Waals surface area contributed by atoms with Crippen molar-refractivity contribution in [2.45, 2.75) is 37.7 Å². The molecule has 1 unspecified atom stereocenters. The van der Waals surface area contributed by atoms with Gasteiger partial charge in [-0.3, -0.25) is 0 Å². The zero-order chi connectivity index (χ0) is 20.1. The number of aliphatic hydroxyl groups excluding tert-OH is 1. The smallest absolute Gasteiger partial charge is 0.119 e. The van der Waals surface area contributed by atoms with Crippen molar-refractivity contribution in [1.29, 1.82) is 0 Å². The maximum atomic E-state index is 10.7. The van der Waals surface area contributed by atoms with E-state index in [0.717, 1.165) is 23.3 Å². The van der Waals surface area contributed by atoms with Crippen LogP contribution in [0.25, 0.3) is 0 Å². The summed E-state index contributed by atoms with van der Waals surface area (Å²) in [5, 5.41) is 10.7. The van der Waals surface area contributed by atoms with E-state index in [4.69, 9.17) is 4.74 Å². The van der Waals surface area contributed by atoms with Gasteiger partial charge in [0.2, 0.25) is 0 Å². The number of allylic oxidation sites excluding steroid dienone is 2. The van der Waals surface area contributed by atoms with E-state index in [1.807, 2.05) is 49.4 Å². The molecule has 148 valence electrons. The molecular weight excluding hydrogens is 356 g/mol. The van der Waals surface area contributed by atoms with Crippen LogP contribution in [-0.2, 0) is 11.8 Å². The molecule has 1 saturated carbocycles. The van der Waals surface area contributed by atoms with Crippen LogP contribution in [0.2, 0.25) is 0 Å². The summed E-state index contributed by atoms with van der Waals surface area (Å²) in [5.74, 6) is 0.935. The van der Waals surface area contributed by atoms with E-state index in [-0.39, 0.29) is 5.41 Å². The molecule has 2 nitrogen and oxygen atoms in total. The zero-order valence-corrected chi connectivity index (χ0v) is 16.9. The number of benzene rings is 3. The third-order valence-electron chi connectivity index (χ3n) is 5.70. The number of rotatable bonds is 8. The monoisotopic (exact) mass is 384 g/mol. The summed E-state index contributed by atoms with van der Waals surface area (Å²) in [4.78, 5) is 0. The van der Waals surface area contributed by atoms with Gasteiger partial charge in [0.05, 0.1) is 6.61 Å². The number of hydrogen-bond donors (Lipinski definition) is 1. The lowest BCUT2D eigenvalue weighted by Crippen LogP contribution is -2.03. The lowest BCUT2D eigenvalue weighted by atomic mass is 9.94. The Morgan fingerprint density at radius 1 is 0.931 bits per heavy atom. The van der Waals surface area contributed by atoms with E-state index in [0.29, 0.717) is 6.61 Å². The SMILES string of the molecule is CCOc1ccc(C2(/C=C/Cc3cccc(C(O)c4ccccc4)c3)CC2)cc1. The van der Waals surface area contributed by atoms with Crippen LogP contribution < -0.4 is 4.74 Å². The van der Waals surface area contributed by atoms with E-state index in [1.165, 1.54) is 24.0 Å². The van der Waals surface area contributed by atoms with Crippen LogP contribution in [0.1, 0.15) is 48.1 Å². The van der Waals surface area contributed by atoms with Crippen molar-refractivity contribution in [3.05, 3.63) is 113 Å². The Morgan fingerprint density at radius 3 is 2.34 bits per heavy atom. The molecule has 0 heterocycles. The van der Waals surface area contributed by atoms with Crippen LogP contribution in [0, 0.1) is 0 Å². The highest BCUT2D eigenvalue weighted by molar-refractivity contribution is 5.41. The fourth-order valence-electron chi connectivity index (χ4n) is 3.87. The Balaban J connectivity index is 1.43. The van der Waals surface area contributed by atoms with Gasteiger partial charge in [0.25, 0.3) is 0 Å². The lowest BCUT2D eigenvalue weighted by Gasteiger charge is -2.13. The van der Waals surface area contributed by atoms with Crippen molar-refractivity contribution in [3.63, 3.8) is 0 Å². The largest absolute Gasteiger partial charge is 0.494 e. The second-order valence-electron chi connectivity index (χ2n) is 7.78. The van der Waals surface area contributed by atoms with Gasteiger partial charge in [-0.2, -0.15) is 0 Å². The molecule has 1 aliphatic rings. The van der Waals surface area contributed by atoms with Gasteiger partial charge >= 0.3 is 0 Å². The molecule has 0 radical (unpaired) electrons. The Labute approximate surface area is 173 Å². The molecule has 0 amide bonds. The fraction of sp³-hybridized carbons (Fsp3) is 0.259. The van der Waals surface area contributed by atoms with Gasteiger partial charge in [-0.05, 0) is 60.6 Å². The standard InChI is InChI=1S/C27H28O2/c1-2-29-25-15-13-24(14-16-25)27(18-19-27)17-7-9-21-8-6-12-23(20-21)26(28)22-10-4-3-5-11-22/h3-8,10-17,20,26,28H,2,9,18-19H2,1H3/b17-7+. The van der Waals surface area contributed by atoms with E-state index in [2.05, 4.69) is 48.6 Å². The molecule has 3 aromatic carbocycles. The molecule has 1 N–H and O–H groups in total. The molecule has 1 atom stereocenters. The van der Waals surface area contributed by atoms with Gasteiger partial charge in [0.15, 0.2) is 0 Å². The first-order valence-electron chi connectivity index (χ1n) is 10.4. The second-order valence-corrected chi connectivity index (χ2v) is 7.78.